The molecule has 21 heavy (non-hydrogen) atoms. The van der Waals surface area contributed by atoms with Crippen LogP contribution in [-0.2, 0) is 24.3 Å². The number of fused-ring (bicyclic) bond motifs is 3. The fourth-order valence-corrected chi connectivity index (χ4v) is 4.77. The molecule has 0 unspecified atom stereocenters. The molecule has 2 fully saturated rings. The normalized spacial score (nSPS) is 33.3. The van der Waals surface area contributed by atoms with Crippen LogP contribution >= 0.6 is 0 Å². The van der Waals surface area contributed by atoms with Gasteiger partial charge in [0.05, 0.1) is 18.2 Å². The standard InChI is InChI=1S/C13H11NO6S/c15-9-5-8(10-6-19-13(9)20-10)14-12(16)7-3-1-2-4-11(7)21(14,17)18/h1-4,8,10,13H,5-6H2/t8-,10-,13-/m0/s1. The third-order valence-corrected chi connectivity index (χ3v) is 5.83. The number of sulfonamides is 1. The van der Waals surface area contributed by atoms with Crippen LogP contribution in [0.4, 0.5) is 0 Å². The maximum absolute atomic E-state index is 12.6. The number of nitrogens with zero attached hydrogens (tertiary/aromatic N) is 1. The molecule has 3 aliphatic heterocycles. The predicted molar refractivity (Wildman–Crippen MR) is 67.8 cm³/mol. The highest BCUT2D eigenvalue weighted by Crippen LogP contribution is 2.37. The number of ether oxygens (including phenoxy) is 2. The zero-order valence-corrected chi connectivity index (χ0v) is 11.6. The molecule has 8 heteroatoms. The molecule has 0 saturated carbocycles. The molecular weight excluding hydrogens is 298 g/mol. The minimum absolute atomic E-state index is 0.0245. The first-order valence-electron chi connectivity index (χ1n) is 6.48. The van der Waals surface area contributed by atoms with Crippen LogP contribution in [0.15, 0.2) is 29.2 Å². The zero-order valence-electron chi connectivity index (χ0n) is 10.8. The van der Waals surface area contributed by atoms with Gasteiger partial charge >= 0.3 is 0 Å². The van der Waals surface area contributed by atoms with E-state index in [2.05, 4.69) is 0 Å². The van der Waals surface area contributed by atoms with Crippen LogP contribution in [-0.4, -0.2) is 49.5 Å². The molecule has 1 aromatic carbocycles. The highest BCUT2D eigenvalue weighted by molar-refractivity contribution is 7.90. The average Bonchev–Trinajstić information content (AvgIpc) is 2.97. The first-order chi connectivity index (χ1) is 10.00. The number of Topliss-reactive ketones (excluding diaryl/α,β-unsaturated/α-hetero) is 1. The zero-order chi connectivity index (χ0) is 14.8. The lowest BCUT2D eigenvalue weighted by Crippen LogP contribution is -2.52. The Morgan fingerprint density at radius 3 is 2.71 bits per heavy atom. The van der Waals surface area contributed by atoms with Gasteiger partial charge in [-0.15, -0.1) is 0 Å². The fourth-order valence-electron chi connectivity index (χ4n) is 2.99. The highest BCUT2D eigenvalue weighted by atomic mass is 32.2. The largest absolute Gasteiger partial charge is 0.343 e. The maximum Gasteiger partial charge on any atom is 0.269 e. The quantitative estimate of drug-likeness (QED) is 0.720. The van der Waals surface area contributed by atoms with Gasteiger partial charge in [0.15, 0.2) is 5.78 Å². The molecular formula is C13H11NO6S. The van der Waals surface area contributed by atoms with E-state index in [1.807, 2.05) is 0 Å². The number of hydrogen-bond donors (Lipinski definition) is 0. The summed E-state index contributed by atoms with van der Waals surface area (Å²) in [5.74, 6) is -0.954. The summed E-state index contributed by atoms with van der Waals surface area (Å²) in [5.41, 5.74) is 0.131. The molecule has 4 rings (SSSR count). The molecule has 0 N–H and O–H groups in total. The average molecular weight is 309 g/mol. The second kappa shape index (κ2) is 4.12. The Labute approximate surface area is 120 Å². The minimum atomic E-state index is -3.95. The monoisotopic (exact) mass is 309 g/mol. The molecule has 0 aromatic heterocycles. The SMILES string of the molecule is O=C1C[C@H](N2C(=O)c3ccccc3S2(=O)=O)[C@@H]2CO[C@H]1O2. The van der Waals surface area contributed by atoms with Crippen LogP contribution in [0.3, 0.4) is 0 Å². The molecule has 1 aromatic rings. The molecule has 0 radical (unpaired) electrons. The second-order valence-electron chi connectivity index (χ2n) is 5.18. The van der Waals surface area contributed by atoms with E-state index in [9.17, 15) is 18.0 Å². The van der Waals surface area contributed by atoms with Gasteiger partial charge in [0.1, 0.15) is 11.0 Å². The first kappa shape index (κ1) is 12.9. The van der Waals surface area contributed by atoms with Gasteiger partial charge in [0.2, 0.25) is 6.29 Å². The summed E-state index contributed by atoms with van der Waals surface area (Å²) in [5, 5.41) is 0. The van der Waals surface area contributed by atoms with Crippen molar-refractivity contribution in [2.75, 3.05) is 6.61 Å². The molecule has 1 amide bonds. The molecule has 2 saturated heterocycles. The van der Waals surface area contributed by atoms with Gasteiger partial charge in [0, 0.05) is 6.42 Å². The lowest BCUT2D eigenvalue weighted by molar-refractivity contribution is -0.155. The van der Waals surface area contributed by atoms with Gasteiger partial charge in [-0.1, -0.05) is 12.1 Å². The molecule has 2 bridgehead atoms. The van der Waals surface area contributed by atoms with Crippen molar-refractivity contribution in [1.82, 2.24) is 4.31 Å². The summed E-state index contributed by atoms with van der Waals surface area (Å²) in [6.07, 6.45) is -1.59. The molecule has 7 nitrogen and oxygen atoms in total. The minimum Gasteiger partial charge on any atom is -0.343 e. The lowest BCUT2D eigenvalue weighted by atomic mass is 10.0. The van der Waals surface area contributed by atoms with Crippen molar-refractivity contribution in [1.29, 1.82) is 0 Å². The molecule has 0 aliphatic carbocycles. The van der Waals surface area contributed by atoms with Crippen molar-refractivity contribution in [2.45, 2.75) is 29.8 Å². The van der Waals surface area contributed by atoms with Crippen molar-refractivity contribution >= 4 is 21.7 Å². The van der Waals surface area contributed by atoms with Gasteiger partial charge in [0.25, 0.3) is 15.9 Å². The van der Waals surface area contributed by atoms with Gasteiger partial charge in [-0.05, 0) is 12.1 Å². The van der Waals surface area contributed by atoms with Gasteiger partial charge in [-0.2, -0.15) is 0 Å². The Kier molecular flexibility index (Phi) is 2.54. The Morgan fingerprint density at radius 2 is 1.95 bits per heavy atom. The third-order valence-electron chi connectivity index (χ3n) is 3.97. The number of benzene rings is 1. The number of carbonyl (C=O) groups is 2. The van der Waals surface area contributed by atoms with E-state index in [4.69, 9.17) is 9.47 Å². The molecule has 3 aliphatic rings. The van der Waals surface area contributed by atoms with Crippen molar-refractivity contribution in [3.05, 3.63) is 29.8 Å². The van der Waals surface area contributed by atoms with Gasteiger partial charge in [-0.3, -0.25) is 9.59 Å². The number of carbonyl (C=O) groups excluding carboxylic acids is 2. The van der Waals surface area contributed by atoms with E-state index in [1.54, 1.807) is 12.1 Å². The summed E-state index contributed by atoms with van der Waals surface area (Å²) in [4.78, 5) is 24.2. The Bertz CT molecular complexity index is 758. The Balaban J connectivity index is 1.80. The van der Waals surface area contributed by atoms with Crippen LogP contribution in [0.1, 0.15) is 16.8 Å². The smallest absolute Gasteiger partial charge is 0.269 e. The van der Waals surface area contributed by atoms with Crippen LogP contribution in [0.2, 0.25) is 0 Å². The summed E-state index contributed by atoms with van der Waals surface area (Å²) >= 11 is 0. The van der Waals surface area contributed by atoms with Crippen LogP contribution < -0.4 is 0 Å². The summed E-state index contributed by atoms with van der Waals surface area (Å²) in [6, 6.07) is 5.18. The van der Waals surface area contributed by atoms with Gasteiger partial charge in [-0.25, -0.2) is 12.7 Å². The molecule has 110 valence electrons. The van der Waals surface area contributed by atoms with Crippen molar-refractivity contribution < 1.29 is 27.5 Å². The second-order valence-corrected chi connectivity index (χ2v) is 6.96. The van der Waals surface area contributed by atoms with E-state index in [1.165, 1.54) is 12.1 Å². The Morgan fingerprint density at radius 1 is 1.19 bits per heavy atom. The van der Waals surface area contributed by atoms with E-state index >= 15 is 0 Å². The molecule has 0 spiro atoms. The number of rotatable bonds is 1. The summed E-state index contributed by atoms with van der Waals surface area (Å²) < 4.78 is 36.4. The molecule has 3 atom stereocenters. The van der Waals surface area contributed by atoms with Crippen LogP contribution in [0.5, 0.6) is 0 Å². The maximum atomic E-state index is 12.6. The van der Waals surface area contributed by atoms with E-state index < -0.39 is 34.4 Å². The van der Waals surface area contributed by atoms with E-state index in [0.717, 1.165) is 4.31 Å². The van der Waals surface area contributed by atoms with Crippen molar-refractivity contribution in [2.24, 2.45) is 0 Å². The summed E-state index contributed by atoms with van der Waals surface area (Å²) in [7, 11) is -3.95. The topological polar surface area (TPSA) is 90.0 Å². The van der Waals surface area contributed by atoms with E-state index in [0.29, 0.717) is 0 Å². The predicted octanol–water partition coefficient (Wildman–Crippen LogP) is -0.0860. The third kappa shape index (κ3) is 1.63. The number of amides is 1. The number of ketones is 1. The summed E-state index contributed by atoms with van der Waals surface area (Å²) in [6.45, 7) is 0.108. The number of hydrogen-bond acceptors (Lipinski definition) is 6. The van der Waals surface area contributed by atoms with Crippen molar-refractivity contribution in [3.8, 4) is 0 Å². The van der Waals surface area contributed by atoms with Crippen LogP contribution in [0, 0.1) is 0 Å². The van der Waals surface area contributed by atoms with Crippen molar-refractivity contribution in [3.63, 3.8) is 0 Å². The Hall–Kier alpha value is -1.77. The van der Waals surface area contributed by atoms with E-state index in [-0.39, 0.29) is 29.3 Å². The fraction of sp³-hybridized carbons (Fsp3) is 0.385. The lowest BCUT2D eigenvalue weighted by Gasteiger charge is -2.32. The first-order valence-corrected chi connectivity index (χ1v) is 7.92. The highest BCUT2D eigenvalue weighted by Gasteiger charge is 2.53. The van der Waals surface area contributed by atoms with Gasteiger partial charge < -0.3 is 9.47 Å². The molecule has 3 heterocycles. The van der Waals surface area contributed by atoms with Crippen LogP contribution in [0.25, 0.3) is 0 Å².